The average molecular weight is 439 g/mol. The van der Waals surface area contributed by atoms with Gasteiger partial charge < -0.3 is 21.3 Å². The topological polar surface area (TPSA) is 154 Å². The number of nitrogens with one attached hydrogen (secondary N) is 5. The molecule has 2 aliphatic carbocycles. The van der Waals surface area contributed by atoms with E-state index in [-0.39, 0.29) is 23.7 Å². The number of hydrogen-bond donors (Lipinski definition) is 5. The first-order valence-corrected chi connectivity index (χ1v) is 10.8. The van der Waals surface area contributed by atoms with Crippen LogP contribution < -0.4 is 26.6 Å². The molecular formula is C20H25N9O3. The highest BCUT2D eigenvalue weighted by molar-refractivity contribution is 6.14. The second kappa shape index (κ2) is 8.09. The summed E-state index contributed by atoms with van der Waals surface area (Å²) in [5.41, 5.74) is 1.26. The molecule has 0 bridgehead atoms. The van der Waals surface area contributed by atoms with Crippen molar-refractivity contribution in [1.82, 2.24) is 35.5 Å². The quantitative estimate of drug-likeness (QED) is 0.326. The molecule has 2 aromatic heterocycles. The van der Waals surface area contributed by atoms with E-state index in [9.17, 15) is 14.4 Å². The number of fused-ring (bicyclic) bond motifs is 1. The van der Waals surface area contributed by atoms with Crippen molar-refractivity contribution in [3.05, 3.63) is 17.5 Å². The number of hydrogen-bond acceptors (Lipinski definition) is 8. The maximum atomic E-state index is 11.9. The van der Waals surface area contributed by atoms with E-state index in [0.29, 0.717) is 29.1 Å². The molecule has 0 spiro atoms. The maximum Gasteiger partial charge on any atom is 0.326 e. The van der Waals surface area contributed by atoms with Crippen LogP contribution in [0, 0.1) is 0 Å². The third kappa shape index (κ3) is 4.34. The molecule has 2 aromatic rings. The molecule has 0 unspecified atom stereocenters. The zero-order chi connectivity index (χ0) is 22.2. The van der Waals surface area contributed by atoms with E-state index in [1.165, 1.54) is 0 Å². The summed E-state index contributed by atoms with van der Waals surface area (Å²) in [6.07, 6.45) is 8.88. The van der Waals surface area contributed by atoms with Crippen LogP contribution in [0.15, 0.2) is 11.9 Å². The van der Waals surface area contributed by atoms with Gasteiger partial charge in [-0.1, -0.05) is 0 Å². The van der Waals surface area contributed by atoms with Gasteiger partial charge in [0.15, 0.2) is 5.65 Å². The standard InChI is InChI=1S/C20H25N9O3/c1-10(30)22-12-2-4-13(5-3-12)23-18-26-16-11(8-15-17(31)27-20(32)25-15)9-21-29(16)19(28-18)24-14-6-7-14/h8-9,12-14H,2-7H2,1H3,(H,22,30)(H2,23,24,26,28)(H2,25,27,31,32)/b15-8-. The molecule has 3 fully saturated rings. The summed E-state index contributed by atoms with van der Waals surface area (Å²) in [6.45, 7) is 1.54. The molecule has 1 saturated heterocycles. The molecular weight excluding hydrogens is 414 g/mol. The van der Waals surface area contributed by atoms with Crippen LogP contribution >= 0.6 is 0 Å². The Balaban J connectivity index is 1.40. The van der Waals surface area contributed by atoms with Crippen LogP contribution in [0.25, 0.3) is 11.7 Å². The fourth-order valence-electron chi connectivity index (χ4n) is 4.05. The number of imide groups is 1. The second-order valence-corrected chi connectivity index (χ2v) is 8.48. The van der Waals surface area contributed by atoms with E-state index < -0.39 is 11.9 Å². The Labute approximate surface area is 183 Å². The van der Waals surface area contributed by atoms with Crippen molar-refractivity contribution in [2.75, 3.05) is 10.6 Å². The summed E-state index contributed by atoms with van der Waals surface area (Å²) >= 11 is 0. The third-order valence-electron chi connectivity index (χ3n) is 5.79. The van der Waals surface area contributed by atoms with Crippen LogP contribution in [0.1, 0.15) is 51.0 Å². The number of nitrogens with zero attached hydrogens (tertiary/aromatic N) is 4. The van der Waals surface area contributed by atoms with Crippen molar-refractivity contribution in [1.29, 1.82) is 0 Å². The van der Waals surface area contributed by atoms with Crippen molar-refractivity contribution >= 4 is 41.5 Å². The first kappa shape index (κ1) is 20.2. The van der Waals surface area contributed by atoms with Gasteiger partial charge in [-0.25, -0.2) is 4.79 Å². The molecule has 5 N–H and O–H groups in total. The fourth-order valence-corrected chi connectivity index (χ4v) is 4.05. The molecule has 32 heavy (non-hydrogen) atoms. The maximum absolute atomic E-state index is 11.9. The minimum absolute atomic E-state index is 0.000465. The highest BCUT2D eigenvalue weighted by Gasteiger charge is 2.27. The monoisotopic (exact) mass is 439 g/mol. The number of urea groups is 1. The van der Waals surface area contributed by atoms with Gasteiger partial charge in [-0.2, -0.15) is 19.6 Å². The molecule has 12 nitrogen and oxygen atoms in total. The molecule has 3 aliphatic rings. The zero-order valence-corrected chi connectivity index (χ0v) is 17.6. The number of carbonyl (C=O) groups is 3. The highest BCUT2D eigenvalue weighted by Crippen LogP contribution is 2.27. The molecule has 0 atom stereocenters. The van der Waals surface area contributed by atoms with Crippen LogP contribution in [-0.4, -0.2) is 55.6 Å². The van der Waals surface area contributed by atoms with E-state index in [0.717, 1.165) is 38.5 Å². The Kier molecular flexibility index (Phi) is 5.11. The van der Waals surface area contributed by atoms with Gasteiger partial charge in [0.05, 0.1) is 6.20 Å². The predicted octanol–water partition coefficient (Wildman–Crippen LogP) is 0.738. The smallest absolute Gasteiger partial charge is 0.326 e. The van der Waals surface area contributed by atoms with Gasteiger partial charge in [0.2, 0.25) is 17.8 Å². The van der Waals surface area contributed by atoms with Gasteiger partial charge >= 0.3 is 6.03 Å². The van der Waals surface area contributed by atoms with Gasteiger partial charge in [0.1, 0.15) is 5.70 Å². The lowest BCUT2D eigenvalue weighted by atomic mass is 9.91. The predicted molar refractivity (Wildman–Crippen MR) is 116 cm³/mol. The highest BCUT2D eigenvalue weighted by atomic mass is 16.2. The van der Waals surface area contributed by atoms with E-state index in [2.05, 4.69) is 41.7 Å². The molecule has 2 saturated carbocycles. The van der Waals surface area contributed by atoms with Crippen LogP contribution in [0.3, 0.4) is 0 Å². The minimum atomic E-state index is -0.555. The van der Waals surface area contributed by atoms with Gasteiger partial charge in [0, 0.05) is 30.6 Å². The van der Waals surface area contributed by atoms with Crippen LogP contribution in [0.5, 0.6) is 0 Å². The van der Waals surface area contributed by atoms with Crippen molar-refractivity contribution in [2.24, 2.45) is 0 Å². The van der Waals surface area contributed by atoms with Gasteiger partial charge in [0.25, 0.3) is 5.91 Å². The summed E-state index contributed by atoms with van der Waals surface area (Å²) in [6, 6.07) is 0.211. The number of rotatable bonds is 6. The Bertz CT molecular complexity index is 1110. The Morgan fingerprint density at radius 3 is 2.38 bits per heavy atom. The van der Waals surface area contributed by atoms with Gasteiger partial charge in [-0.3, -0.25) is 14.9 Å². The van der Waals surface area contributed by atoms with Crippen molar-refractivity contribution < 1.29 is 14.4 Å². The Morgan fingerprint density at radius 2 is 1.72 bits per heavy atom. The van der Waals surface area contributed by atoms with E-state index in [1.54, 1.807) is 23.7 Å². The molecule has 12 heteroatoms. The Hall–Kier alpha value is -3.70. The summed E-state index contributed by atoms with van der Waals surface area (Å²) in [7, 11) is 0. The third-order valence-corrected chi connectivity index (χ3v) is 5.79. The lowest BCUT2D eigenvalue weighted by molar-refractivity contribution is -0.120. The minimum Gasteiger partial charge on any atom is -0.354 e. The molecule has 4 amide bonds. The van der Waals surface area contributed by atoms with Gasteiger partial charge in [-0.15, -0.1) is 0 Å². The molecule has 5 rings (SSSR count). The fraction of sp³-hybridized carbons (Fsp3) is 0.500. The summed E-state index contributed by atoms with van der Waals surface area (Å²) in [5.74, 6) is 0.565. The lowest BCUT2D eigenvalue weighted by Crippen LogP contribution is -2.39. The van der Waals surface area contributed by atoms with Crippen LogP contribution in [-0.2, 0) is 9.59 Å². The van der Waals surface area contributed by atoms with E-state index in [4.69, 9.17) is 0 Å². The molecule has 0 aromatic carbocycles. The van der Waals surface area contributed by atoms with Crippen LogP contribution in [0.2, 0.25) is 0 Å². The largest absolute Gasteiger partial charge is 0.354 e. The first-order valence-electron chi connectivity index (χ1n) is 10.8. The van der Waals surface area contributed by atoms with Crippen molar-refractivity contribution in [2.45, 2.75) is 63.6 Å². The van der Waals surface area contributed by atoms with Crippen molar-refractivity contribution in [3.8, 4) is 0 Å². The number of carbonyl (C=O) groups excluding carboxylic acids is 3. The number of aromatic nitrogens is 4. The van der Waals surface area contributed by atoms with Crippen LogP contribution in [0.4, 0.5) is 16.7 Å². The zero-order valence-electron chi connectivity index (χ0n) is 17.6. The number of anilines is 2. The summed E-state index contributed by atoms with van der Waals surface area (Å²) in [5, 5.41) is 18.8. The Morgan fingerprint density at radius 1 is 1.03 bits per heavy atom. The number of amides is 4. The van der Waals surface area contributed by atoms with E-state index in [1.807, 2.05) is 0 Å². The molecule has 0 radical (unpaired) electrons. The molecule has 1 aliphatic heterocycles. The lowest BCUT2D eigenvalue weighted by Gasteiger charge is -2.29. The normalized spacial score (nSPS) is 24.3. The van der Waals surface area contributed by atoms with E-state index >= 15 is 0 Å². The van der Waals surface area contributed by atoms with Gasteiger partial charge in [-0.05, 0) is 44.6 Å². The second-order valence-electron chi connectivity index (χ2n) is 8.48. The molecule has 3 heterocycles. The van der Waals surface area contributed by atoms with Crippen molar-refractivity contribution in [3.63, 3.8) is 0 Å². The molecule has 168 valence electrons. The summed E-state index contributed by atoms with van der Waals surface area (Å²) < 4.78 is 1.61. The average Bonchev–Trinajstić information content (AvgIpc) is 3.38. The summed E-state index contributed by atoms with van der Waals surface area (Å²) in [4.78, 5) is 43.9. The SMILES string of the molecule is CC(=O)NC1CCC(Nc2nc(NC3CC3)n3ncc(/C=C4\NC(=O)NC4=O)c3n2)CC1. The first-order chi connectivity index (χ1) is 15.4.